The highest BCUT2D eigenvalue weighted by Gasteiger charge is 2.13. The molecule has 0 aromatic heterocycles. The first-order valence-electron chi connectivity index (χ1n) is 6.09. The van der Waals surface area contributed by atoms with Gasteiger partial charge in [-0.15, -0.1) is 0 Å². The third-order valence-corrected chi connectivity index (χ3v) is 3.48. The van der Waals surface area contributed by atoms with E-state index in [9.17, 15) is 9.50 Å². The molecule has 0 amide bonds. The molecule has 2 aromatic rings. The Morgan fingerprint density at radius 2 is 2.00 bits per heavy atom. The van der Waals surface area contributed by atoms with Gasteiger partial charge < -0.3 is 15.2 Å². The zero-order valence-corrected chi connectivity index (χ0v) is 12.7. The molecule has 0 aliphatic carbocycles. The second-order valence-electron chi connectivity index (χ2n) is 4.42. The monoisotopic (exact) mass is 339 g/mol. The summed E-state index contributed by atoms with van der Waals surface area (Å²) >= 11 is 3.39. The quantitative estimate of drug-likeness (QED) is 0.863. The van der Waals surface area contributed by atoms with Crippen LogP contribution in [0.1, 0.15) is 18.5 Å². The number of benzene rings is 2. The van der Waals surface area contributed by atoms with Gasteiger partial charge in [0.05, 0.1) is 18.8 Å². The molecule has 0 aliphatic heterocycles. The Kier molecular flexibility index (Phi) is 4.49. The number of phenols is 1. The molecule has 0 spiro atoms. The Hall–Kier alpha value is -1.75. The smallest absolute Gasteiger partial charge is 0.142 e. The van der Waals surface area contributed by atoms with Gasteiger partial charge in [-0.25, -0.2) is 4.39 Å². The van der Waals surface area contributed by atoms with Gasteiger partial charge in [-0.05, 0) is 31.2 Å². The van der Waals surface area contributed by atoms with E-state index in [4.69, 9.17) is 4.74 Å². The van der Waals surface area contributed by atoms with Crippen molar-refractivity contribution in [1.82, 2.24) is 0 Å². The van der Waals surface area contributed by atoms with Crippen molar-refractivity contribution in [1.29, 1.82) is 0 Å². The molecule has 1 unspecified atom stereocenters. The number of ether oxygens (including phenoxy) is 1. The van der Waals surface area contributed by atoms with E-state index in [1.807, 2.05) is 25.1 Å². The summed E-state index contributed by atoms with van der Waals surface area (Å²) in [5.74, 6) is 0.150. The fraction of sp³-hybridized carbons (Fsp3) is 0.200. The van der Waals surface area contributed by atoms with Gasteiger partial charge in [-0.3, -0.25) is 0 Å². The summed E-state index contributed by atoms with van der Waals surface area (Å²) in [6, 6.07) is 9.43. The molecule has 2 N–H and O–H groups in total. The highest BCUT2D eigenvalue weighted by atomic mass is 79.9. The van der Waals surface area contributed by atoms with Crippen LogP contribution in [0.15, 0.2) is 40.9 Å². The van der Waals surface area contributed by atoms with E-state index in [2.05, 4.69) is 21.2 Å². The Labute approximate surface area is 125 Å². The van der Waals surface area contributed by atoms with E-state index in [-0.39, 0.29) is 11.8 Å². The number of methoxy groups -OCH3 is 1. The summed E-state index contributed by atoms with van der Waals surface area (Å²) in [4.78, 5) is 0. The highest BCUT2D eigenvalue weighted by Crippen LogP contribution is 2.32. The summed E-state index contributed by atoms with van der Waals surface area (Å²) < 4.78 is 20.0. The topological polar surface area (TPSA) is 41.5 Å². The lowest BCUT2D eigenvalue weighted by atomic mass is 10.1. The molecular weight excluding hydrogens is 325 g/mol. The van der Waals surface area contributed by atoms with E-state index < -0.39 is 5.82 Å². The van der Waals surface area contributed by atoms with Gasteiger partial charge in [0.1, 0.15) is 17.3 Å². The van der Waals surface area contributed by atoms with Gasteiger partial charge in [0, 0.05) is 16.1 Å². The van der Waals surface area contributed by atoms with E-state index >= 15 is 0 Å². The standard InChI is InChI=1S/C15H15BrFNO2/c1-9(12-5-4-11(19)8-13(12)17)18-14-7-10(16)3-6-15(14)20-2/h3-9,18-19H,1-2H3. The first-order valence-corrected chi connectivity index (χ1v) is 6.89. The predicted molar refractivity (Wildman–Crippen MR) is 80.8 cm³/mol. The minimum atomic E-state index is -0.445. The normalized spacial score (nSPS) is 12.0. The number of hydrogen-bond acceptors (Lipinski definition) is 3. The fourth-order valence-electron chi connectivity index (χ4n) is 1.97. The van der Waals surface area contributed by atoms with Crippen molar-refractivity contribution in [2.75, 3.05) is 12.4 Å². The summed E-state index contributed by atoms with van der Waals surface area (Å²) in [5.41, 5.74) is 1.24. The molecule has 0 heterocycles. The first-order chi connectivity index (χ1) is 9.51. The lowest BCUT2D eigenvalue weighted by Crippen LogP contribution is -2.09. The molecule has 3 nitrogen and oxygen atoms in total. The average molecular weight is 340 g/mol. The first kappa shape index (κ1) is 14.7. The molecule has 106 valence electrons. The van der Waals surface area contributed by atoms with E-state index in [0.717, 1.165) is 16.2 Å². The van der Waals surface area contributed by atoms with Crippen molar-refractivity contribution < 1.29 is 14.2 Å². The number of phenolic OH excluding ortho intramolecular Hbond substituents is 1. The van der Waals surface area contributed by atoms with Gasteiger partial charge in [-0.2, -0.15) is 0 Å². The summed E-state index contributed by atoms with van der Waals surface area (Å²) in [6.07, 6.45) is 0. The number of rotatable bonds is 4. The Morgan fingerprint density at radius 1 is 1.25 bits per heavy atom. The van der Waals surface area contributed by atoms with Gasteiger partial charge in [0.25, 0.3) is 0 Å². The molecule has 0 radical (unpaired) electrons. The molecule has 2 rings (SSSR count). The van der Waals surface area contributed by atoms with Crippen molar-refractivity contribution in [3.8, 4) is 11.5 Å². The molecular formula is C15H15BrFNO2. The predicted octanol–water partition coefficient (Wildman–Crippen LogP) is 4.48. The minimum Gasteiger partial charge on any atom is -0.508 e. The highest BCUT2D eigenvalue weighted by molar-refractivity contribution is 9.10. The number of aromatic hydroxyl groups is 1. The number of nitrogens with one attached hydrogen (secondary N) is 1. The number of hydrogen-bond donors (Lipinski definition) is 2. The molecule has 1 atom stereocenters. The van der Waals surface area contributed by atoms with Crippen LogP contribution in [0.25, 0.3) is 0 Å². The van der Waals surface area contributed by atoms with Gasteiger partial charge in [0.2, 0.25) is 0 Å². The zero-order valence-electron chi connectivity index (χ0n) is 11.2. The van der Waals surface area contributed by atoms with Crippen LogP contribution in [0.4, 0.5) is 10.1 Å². The second-order valence-corrected chi connectivity index (χ2v) is 5.33. The molecule has 5 heteroatoms. The third-order valence-electron chi connectivity index (χ3n) is 2.98. The fourth-order valence-corrected chi connectivity index (χ4v) is 2.33. The lowest BCUT2D eigenvalue weighted by Gasteiger charge is -2.18. The Morgan fingerprint density at radius 3 is 2.65 bits per heavy atom. The largest absolute Gasteiger partial charge is 0.508 e. The van der Waals surface area contributed by atoms with Crippen molar-refractivity contribution in [2.24, 2.45) is 0 Å². The van der Waals surface area contributed by atoms with Gasteiger partial charge >= 0.3 is 0 Å². The molecule has 0 saturated carbocycles. The maximum atomic E-state index is 13.8. The molecule has 20 heavy (non-hydrogen) atoms. The van der Waals surface area contributed by atoms with E-state index in [1.54, 1.807) is 13.2 Å². The Bertz CT molecular complexity index is 619. The van der Waals surface area contributed by atoms with Gasteiger partial charge in [-0.1, -0.05) is 22.0 Å². The minimum absolute atomic E-state index is 0.0847. The van der Waals surface area contributed by atoms with Crippen LogP contribution < -0.4 is 10.1 Å². The van der Waals surface area contributed by atoms with Crippen LogP contribution in [-0.4, -0.2) is 12.2 Å². The Balaban J connectivity index is 2.27. The maximum Gasteiger partial charge on any atom is 0.142 e. The molecule has 0 aliphatic rings. The third kappa shape index (κ3) is 3.22. The van der Waals surface area contributed by atoms with Crippen molar-refractivity contribution >= 4 is 21.6 Å². The van der Waals surface area contributed by atoms with Crippen molar-refractivity contribution in [3.63, 3.8) is 0 Å². The van der Waals surface area contributed by atoms with Crippen LogP contribution in [0.2, 0.25) is 0 Å². The summed E-state index contributed by atoms with van der Waals surface area (Å²) in [6.45, 7) is 1.84. The molecule has 0 saturated heterocycles. The second kappa shape index (κ2) is 6.13. The maximum absolute atomic E-state index is 13.8. The summed E-state index contributed by atoms with van der Waals surface area (Å²) in [5, 5.41) is 12.4. The molecule has 0 bridgehead atoms. The van der Waals surface area contributed by atoms with Crippen LogP contribution >= 0.6 is 15.9 Å². The summed E-state index contributed by atoms with van der Waals surface area (Å²) in [7, 11) is 1.58. The van der Waals surface area contributed by atoms with E-state index in [0.29, 0.717) is 11.3 Å². The number of anilines is 1. The van der Waals surface area contributed by atoms with Crippen LogP contribution in [0, 0.1) is 5.82 Å². The lowest BCUT2D eigenvalue weighted by molar-refractivity contribution is 0.416. The molecule has 0 fully saturated rings. The SMILES string of the molecule is COc1ccc(Br)cc1NC(C)c1ccc(O)cc1F. The van der Waals surface area contributed by atoms with Crippen LogP contribution in [0.3, 0.4) is 0 Å². The average Bonchev–Trinajstić information content (AvgIpc) is 2.38. The zero-order chi connectivity index (χ0) is 14.7. The van der Waals surface area contributed by atoms with Crippen LogP contribution in [-0.2, 0) is 0 Å². The van der Waals surface area contributed by atoms with Gasteiger partial charge in [0.15, 0.2) is 0 Å². The van der Waals surface area contributed by atoms with E-state index in [1.165, 1.54) is 6.07 Å². The van der Waals surface area contributed by atoms with Crippen LogP contribution in [0.5, 0.6) is 11.5 Å². The van der Waals surface area contributed by atoms with Crippen molar-refractivity contribution in [2.45, 2.75) is 13.0 Å². The number of halogens is 2. The molecule has 2 aromatic carbocycles. The van der Waals surface area contributed by atoms with Crippen molar-refractivity contribution in [3.05, 3.63) is 52.3 Å².